The summed E-state index contributed by atoms with van der Waals surface area (Å²) in [4.78, 5) is 17.5. The van der Waals surface area contributed by atoms with E-state index in [1.807, 2.05) is 4.90 Å². The van der Waals surface area contributed by atoms with Crippen LogP contribution in [0.25, 0.3) is 0 Å². The van der Waals surface area contributed by atoms with Crippen molar-refractivity contribution in [2.45, 2.75) is 0 Å². The molecule has 1 aliphatic rings. The van der Waals surface area contributed by atoms with Crippen LogP contribution >= 0.6 is 11.6 Å². The molecule has 6 heteroatoms. The molecule has 0 aromatic carbocycles. The fraction of sp³-hybridized carbons (Fsp3) is 0.455. The Bertz CT molecular complexity index is 419. The minimum Gasteiger partial charge on any atom is -0.465 e. The fourth-order valence-electron chi connectivity index (χ4n) is 1.67. The lowest BCUT2D eigenvalue weighted by atomic mass is 10.2. The van der Waals surface area contributed by atoms with E-state index >= 15 is 0 Å². The molecule has 0 bridgehead atoms. The molecule has 1 aromatic heterocycles. The molecule has 0 radical (unpaired) electrons. The second-order valence-electron chi connectivity index (χ2n) is 3.62. The van der Waals surface area contributed by atoms with Crippen LogP contribution in [0, 0.1) is 0 Å². The summed E-state index contributed by atoms with van der Waals surface area (Å²) >= 11 is 6.11. The predicted octanol–water partition coefficient (Wildman–Crippen LogP) is 1.36. The number of anilines is 1. The minimum absolute atomic E-state index is 0.356. The van der Waals surface area contributed by atoms with Crippen molar-refractivity contribution in [3.05, 3.63) is 22.8 Å². The number of carbonyl (C=O) groups is 1. The molecule has 5 nitrogen and oxygen atoms in total. The highest BCUT2D eigenvalue weighted by Gasteiger charge is 2.17. The Balaban J connectivity index is 2.21. The van der Waals surface area contributed by atoms with Crippen molar-refractivity contribution in [2.24, 2.45) is 0 Å². The Kier molecular flexibility index (Phi) is 3.81. The van der Waals surface area contributed by atoms with Gasteiger partial charge in [0.15, 0.2) is 0 Å². The number of halogens is 1. The van der Waals surface area contributed by atoms with E-state index in [2.05, 4.69) is 9.72 Å². The molecular weight excluding hydrogens is 244 g/mol. The number of hydrogen-bond donors (Lipinski definition) is 0. The summed E-state index contributed by atoms with van der Waals surface area (Å²) in [6.45, 7) is 2.84. The fourth-order valence-corrected chi connectivity index (χ4v) is 1.95. The highest BCUT2D eigenvalue weighted by Crippen LogP contribution is 2.24. The van der Waals surface area contributed by atoms with Gasteiger partial charge in [0.25, 0.3) is 0 Å². The zero-order chi connectivity index (χ0) is 12.3. The van der Waals surface area contributed by atoms with Crippen molar-refractivity contribution in [3.8, 4) is 0 Å². The molecular formula is C11H13ClN2O3. The molecule has 1 saturated heterocycles. The maximum Gasteiger partial charge on any atom is 0.339 e. The zero-order valence-electron chi connectivity index (χ0n) is 9.48. The van der Waals surface area contributed by atoms with E-state index in [0.717, 1.165) is 13.1 Å². The third-order valence-electron chi connectivity index (χ3n) is 2.55. The molecule has 0 N–H and O–H groups in total. The van der Waals surface area contributed by atoms with Crippen LogP contribution in [0.2, 0.25) is 5.02 Å². The van der Waals surface area contributed by atoms with Crippen LogP contribution in [-0.2, 0) is 9.47 Å². The highest BCUT2D eigenvalue weighted by atomic mass is 35.5. The molecule has 0 atom stereocenters. The number of rotatable bonds is 2. The monoisotopic (exact) mass is 256 g/mol. The Morgan fingerprint density at radius 1 is 1.53 bits per heavy atom. The quantitative estimate of drug-likeness (QED) is 0.748. The molecule has 17 heavy (non-hydrogen) atoms. The maximum atomic E-state index is 11.3. The van der Waals surface area contributed by atoms with Gasteiger partial charge in [-0.3, -0.25) is 0 Å². The lowest BCUT2D eigenvalue weighted by Crippen LogP contribution is -2.37. The Hall–Kier alpha value is -1.33. The van der Waals surface area contributed by atoms with E-state index in [1.54, 1.807) is 6.07 Å². The highest BCUT2D eigenvalue weighted by molar-refractivity contribution is 6.33. The Morgan fingerprint density at radius 2 is 2.24 bits per heavy atom. The molecule has 0 unspecified atom stereocenters. The van der Waals surface area contributed by atoms with Crippen LogP contribution in [0.3, 0.4) is 0 Å². The molecule has 0 aliphatic carbocycles. The first kappa shape index (κ1) is 12.1. The van der Waals surface area contributed by atoms with E-state index in [-0.39, 0.29) is 0 Å². The van der Waals surface area contributed by atoms with Crippen molar-refractivity contribution in [1.29, 1.82) is 0 Å². The maximum absolute atomic E-state index is 11.3. The van der Waals surface area contributed by atoms with Crippen LogP contribution in [0.5, 0.6) is 0 Å². The number of esters is 1. The van der Waals surface area contributed by atoms with Crippen LogP contribution < -0.4 is 4.90 Å². The molecule has 1 fully saturated rings. The SMILES string of the molecule is COC(=O)c1cnc(N2CCOCC2)c(Cl)c1. The Morgan fingerprint density at radius 3 is 2.82 bits per heavy atom. The topological polar surface area (TPSA) is 51.7 Å². The molecule has 1 aromatic rings. The van der Waals surface area contributed by atoms with Gasteiger partial charge in [0, 0.05) is 19.3 Å². The second kappa shape index (κ2) is 5.33. The molecule has 2 heterocycles. The van der Waals surface area contributed by atoms with E-state index in [9.17, 15) is 4.79 Å². The van der Waals surface area contributed by atoms with Gasteiger partial charge in [-0.25, -0.2) is 9.78 Å². The van der Waals surface area contributed by atoms with Crippen LogP contribution in [-0.4, -0.2) is 44.4 Å². The van der Waals surface area contributed by atoms with Crippen LogP contribution in [0.4, 0.5) is 5.82 Å². The largest absolute Gasteiger partial charge is 0.465 e. The molecule has 0 saturated carbocycles. The van der Waals surface area contributed by atoms with Gasteiger partial charge >= 0.3 is 5.97 Å². The number of carbonyl (C=O) groups excluding carboxylic acids is 1. The normalized spacial score (nSPS) is 15.8. The Labute approximate surface area is 104 Å². The van der Waals surface area contributed by atoms with Crippen molar-refractivity contribution >= 4 is 23.4 Å². The average molecular weight is 257 g/mol. The van der Waals surface area contributed by atoms with Crippen molar-refractivity contribution in [3.63, 3.8) is 0 Å². The number of aromatic nitrogens is 1. The first-order valence-electron chi connectivity index (χ1n) is 5.29. The van der Waals surface area contributed by atoms with E-state index in [0.29, 0.717) is 29.6 Å². The summed E-state index contributed by atoms with van der Waals surface area (Å²) in [6, 6.07) is 1.57. The van der Waals surface area contributed by atoms with Gasteiger partial charge in [-0.05, 0) is 6.07 Å². The number of pyridine rings is 1. The first-order valence-corrected chi connectivity index (χ1v) is 5.66. The van der Waals surface area contributed by atoms with Crippen LogP contribution in [0.15, 0.2) is 12.3 Å². The van der Waals surface area contributed by atoms with E-state index < -0.39 is 5.97 Å². The third kappa shape index (κ3) is 2.68. The van der Waals surface area contributed by atoms with Gasteiger partial charge in [-0.2, -0.15) is 0 Å². The van der Waals surface area contributed by atoms with Gasteiger partial charge in [0.2, 0.25) is 0 Å². The van der Waals surface area contributed by atoms with Crippen molar-refractivity contribution in [2.75, 3.05) is 38.3 Å². The van der Waals surface area contributed by atoms with Crippen molar-refractivity contribution < 1.29 is 14.3 Å². The number of morpholine rings is 1. The lowest BCUT2D eigenvalue weighted by molar-refractivity contribution is 0.0600. The van der Waals surface area contributed by atoms with E-state index in [4.69, 9.17) is 16.3 Å². The third-order valence-corrected chi connectivity index (χ3v) is 2.83. The van der Waals surface area contributed by atoms with Gasteiger partial charge < -0.3 is 14.4 Å². The lowest BCUT2D eigenvalue weighted by Gasteiger charge is -2.28. The predicted molar refractivity (Wildman–Crippen MR) is 63.6 cm³/mol. The molecule has 92 valence electrons. The van der Waals surface area contributed by atoms with E-state index in [1.165, 1.54) is 13.3 Å². The number of nitrogens with zero attached hydrogens (tertiary/aromatic N) is 2. The summed E-state index contributed by atoms with van der Waals surface area (Å²) in [5.41, 5.74) is 0.356. The average Bonchev–Trinajstić information content (AvgIpc) is 2.38. The van der Waals surface area contributed by atoms with Crippen molar-refractivity contribution in [1.82, 2.24) is 4.98 Å². The first-order chi connectivity index (χ1) is 8.22. The minimum atomic E-state index is -0.437. The summed E-state index contributed by atoms with van der Waals surface area (Å²) in [6.07, 6.45) is 1.47. The summed E-state index contributed by atoms with van der Waals surface area (Å²) in [5.74, 6) is 0.246. The van der Waals surface area contributed by atoms with Crippen LogP contribution in [0.1, 0.15) is 10.4 Å². The smallest absolute Gasteiger partial charge is 0.339 e. The number of hydrogen-bond acceptors (Lipinski definition) is 5. The second-order valence-corrected chi connectivity index (χ2v) is 4.03. The molecule has 1 aliphatic heterocycles. The summed E-state index contributed by atoms with van der Waals surface area (Å²) in [5, 5.41) is 0.454. The number of ether oxygens (including phenoxy) is 2. The summed E-state index contributed by atoms with van der Waals surface area (Å²) in [7, 11) is 1.33. The molecule has 0 spiro atoms. The molecule has 2 rings (SSSR count). The standard InChI is InChI=1S/C11H13ClN2O3/c1-16-11(15)8-6-9(12)10(13-7-8)14-2-4-17-5-3-14/h6-7H,2-5H2,1H3. The number of methoxy groups -OCH3 is 1. The van der Waals surface area contributed by atoms with Gasteiger partial charge in [0.1, 0.15) is 5.82 Å². The van der Waals surface area contributed by atoms with Gasteiger partial charge in [-0.1, -0.05) is 11.6 Å². The zero-order valence-corrected chi connectivity index (χ0v) is 10.2. The summed E-state index contributed by atoms with van der Waals surface area (Å²) < 4.78 is 9.86. The molecule has 0 amide bonds. The van der Waals surface area contributed by atoms with Gasteiger partial charge in [-0.15, -0.1) is 0 Å². The van der Waals surface area contributed by atoms with Gasteiger partial charge in [0.05, 0.1) is 30.9 Å².